The number of aromatic nitrogens is 1. The first-order valence-electron chi connectivity index (χ1n) is 6.41. The number of halogens is 3. The number of nitrogens with one attached hydrogen (secondary N) is 1. The van der Waals surface area contributed by atoms with Crippen LogP contribution in [0.5, 0.6) is 0 Å². The van der Waals surface area contributed by atoms with Gasteiger partial charge in [-0.05, 0) is 42.8 Å². The van der Waals surface area contributed by atoms with Gasteiger partial charge in [-0.25, -0.2) is 8.78 Å². The molecule has 0 spiro atoms. The molecule has 2 rings (SSSR count). The first-order valence-corrected chi connectivity index (χ1v) is 6.79. The lowest BCUT2D eigenvalue weighted by Gasteiger charge is -2.19. The van der Waals surface area contributed by atoms with Gasteiger partial charge in [-0.15, -0.1) is 0 Å². The summed E-state index contributed by atoms with van der Waals surface area (Å²) >= 11 is 6.14. The molecule has 1 aromatic heterocycles. The highest BCUT2D eigenvalue weighted by Crippen LogP contribution is 2.27. The smallest absolute Gasteiger partial charge is 0.126 e. The summed E-state index contributed by atoms with van der Waals surface area (Å²) in [6, 6.07) is 6.42. The van der Waals surface area contributed by atoms with E-state index in [1.807, 2.05) is 6.92 Å². The van der Waals surface area contributed by atoms with Crippen molar-refractivity contribution in [3.8, 4) is 0 Å². The largest absolute Gasteiger partial charge is 0.305 e. The van der Waals surface area contributed by atoms with Crippen molar-refractivity contribution in [3.05, 3.63) is 64.4 Å². The van der Waals surface area contributed by atoms with E-state index < -0.39 is 17.7 Å². The zero-order valence-electron chi connectivity index (χ0n) is 11.0. The van der Waals surface area contributed by atoms with Crippen molar-refractivity contribution < 1.29 is 8.78 Å². The Morgan fingerprint density at radius 1 is 1.25 bits per heavy atom. The second-order valence-electron chi connectivity index (χ2n) is 4.46. The molecule has 0 aliphatic carbocycles. The number of nitrogens with zero attached hydrogens (tertiary/aromatic N) is 1. The number of pyridine rings is 1. The zero-order valence-corrected chi connectivity index (χ0v) is 11.8. The summed E-state index contributed by atoms with van der Waals surface area (Å²) in [6.07, 6.45) is 2.50. The van der Waals surface area contributed by atoms with Gasteiger partial charge in [-0.1, -0.05) is 18.5 Å². The predicted octanol–water partition coefficient (Wildman–Crippen LogP) is 4.10. The number of benzene rings is 1. The summed E-state index contributed by atoms with van der Waals surface area (Å²) in [4.78, 5) is 4.23. The molecule has 0 saturated heterocycles. The topological polar surface area (TPSA) is 24.9 Å². The average molecular weight is 297 g/mol. The highest BCUT2D eigenvalue weighted by molar-refractivity contribution is 6.31. The van der Waals surface area contributed by atoms with Crippen LogP contribution in [-0.4, -0.2) is 11.5 Å². The molecule has 20 heavy (non-hydrogen) atoms. The van der Waals surface area contributed by atoms with Crippen LogP contribution in [0.15, 0.2) is 36.5 Å². The van der Waals surface area contributed by atoms with Crippen LogP contribution in [0.1, 0.15) is 30.6 Å². The van der Waals surface area contributed by atoms with Crippen molar-refractivity contribution >= 4 is 11.6 Å². The fraction of sp³-hybridized carbons (Fsp3) is 0.267. The van der Waals surface area contributed by atoms with Crippen LogP contribution in [0.3, 0.4) is 0 Å². The van der Waals surface area contributed by atoms with Crippen LogP contribution >= 0.6 is 11.6 Å². The van der Waals surface area contributed by atoms with Crippen molar-refractivity contribution in [2.45, 2.75) is 19.4 Å². The molecule has 0 fully saturated rings. The standard InChI is InChI=1S/C15H15ClF2N2/c1-2-5-19-14(15-13(16)4-3-6-20-15)10-7-11(17)9-12(18)8-10/h3-4,6-9,14,19H,2,5H2,1H3. The van der Waals surface area contributed by atoms with Gasteiger partial charge >= 0.3 is 0 Å². The minimum absolute atomic E-state index is 0.436. The minimum Gasteiger partial charge on any atom is -0.305 e. The van der Waals surface area contributed by atoms with Crippen molar-refractivity contribution in [3.63, 3.8) is 0 Å². The molecule has 0 radical (unpaired) electrons. The highest BCUT2D eigenvalue weighted by Gasteiger charge is 2.19. The summed E-state index contributed by atoms with van der Waals surface area (Å²) in [5.41, 5.74) is 1.03. The third-order valence-electron chi connectivity index (χ3n) is 2.88. The van der Waals surface area contributed by atoms with Gasteiger partial charge in [0.25, 0.3) is 0 Å². The first kappa shape index (κ1) is 14.9. The quantitative estimate of drug-likeness (QED) is 0.898. The minimum atomic E-state index is -0.615. The summed E-state index contributed by atoms with van der Waals surface area (Å²) in [7, 11) is 0. The third kappa shape index (κ3) is 3.52. The number of hydrogen-bond donors (Lipinski definition) is 1. The van der Waals surface area contributed by atoms with Crippen LogP contribution in [0.25, 0.3) is 0 Å². The lowest BCUT2D eigenvalue weighted by Crippen LogP contribution is -2.24. The van der Waals surface area contributed by atoms with E-state index in [9.17, 15) is 8.78 Å². The second-order valence-corrected chi connectivity index (χ2v) is 4.87. The molecule has 2 aromatic rings. The van der Waals surface area contributed by atoms with Crippen LogP contribution < -0.4 is 5.32 Å². The zero-order chi connectivity index (χ0) is 14.5. The Morgan fingerprint density at radius 2 is 1.95 bits per heavy atom. The van der Waals surface area contributed by atoms with Gasteiger partial charge in [-0.2, -0.15) is 0 Å². The maximum absolute atomic E-state index is 13.4. The Balaban J connectivity index is 2.44. The Kier molecular flexibility index (Phi) is 5.04. The maximum Gasteiger partial charge on any atom is 0.126 e. The monoisotopic (exact) mass is 296 g/mol. The van der Waals surface area contributed by atoms with Crippen LogP contribution in [-0.2, 0) is 0 Å². The molecule has 1 atom stereocenters. The Bertz CT molecular complexity index is 570. The molecule has 1 N–H and O–H groups in total. The van der Waals surface area contributed by atoms with E-state index in [-0.39, 0.29) is 0 Å². The van der Waals surface area contributed by atoms with E-state index in [0.29, 0.717) is 22.8 Å². The van der Waals surface area contributed by atoms with E-state index in [2.05, 4.69) is 10.3 Å². The average Bonchev–Trinajstić information content (AvgIpc) is 2.40. The molecule has 1 aromatic carbocycles. The summed E-state index contributed by atoms with van der Waals surface area (Å²) < 4.78 is 26.8. The molecular formula is C15H15ClF2N2. The van der Waals surface area contributed by atoms with E-state index in [1.54, 1.807) is 18.3 Å². The fourth-order valence-electron chi connectivity index (χ4n) is 2.01. The van der Waals surface area contributed by atoms with Crippen molar-refractivity contribution in [2.24, 2.45) is 0 Å². The van der Waals surface area contributed by atoms with Gasteiger partial charge < -0.3 is 5.32 Å². The van der Waals surface area contributed by atoms with Crippen molar-refractivity contribution in [1.82, 2.24) is 10.3 Å². The maximum atomic E-state index is 13.4. The molecule has 106 valence electrons. The molecule has 1 unspecified atom stereocenters. The van der Waals surface area contributed by atoms with Gasteiger partial charge in [0, 0.05) is 12.3 Å². The van der Waals surface area contributed by atoms with Crippen LogP contribution in [0.4, 0.5) is 8.78 Å². The molecular weight excluding hydrogens is 282 g/mol. The SMILES string of the molecule is CCCNC(c1cc(F)cc(F)c1)c1ncccc1Cl. The highest BCUT2D eigenvalue weighted by atomic mass is 35.5. The molecule has 0 bridgehead atoms. The van der Waals surface area contributed by atoms with E-state index >= 15 is 0 Å². The lowest BCUT2D eigenvalue weighted by atomic mass is 10.0. The molecule has 0 aliphatic heterocycles. The molecule has 0 saturated carbocycles. The van der Waals surface area contributed by atoms with Gasteiger partial charge in [-0.3, -0.25) is 4.98 Å². The third-order valence-corrected chi connectivity index (χ3v) is 3.20. The van der Waals surface area contributed by atoms with Crippen LogP contribution in [0, 0.1) is 11.6 Å². The predicted molar refractivity (Wildman–Crippen MR) is 75.7 cm³/mol. The van der Waals surface area contributed by atoms with Gasteiger partial charge in [0.2, 0.25) is 0 Å². The van der Waals surface area contributed by atoms with E-state index in [1.165, 1.54) is 12.1 Å². The molecule has 1 heterocycles. The summed E-state index contributed by atoms with van der Waals surface area (Å²) in [6.45, 7) is 2.70. The van der Waals surface area contributed by atoms with Gasteiger partial charge in [0.15, 0.2) is 0 Å². The summed E-state index contributed by atoms with van der Waals surface area (Å²) in [5.74, 6) is -1.23. The second kappa shape index (κ2) is 6.77. The first-order chi connectivity index (χ1) is 9.61. The molecule has 0 aliphatic rings. The molecule has 2 nitrogen and oxygen atoms in total. The lowest BCUT2D eigenvalue weighted by molar-refractivity contribution is 0.553. The Morgan fingerprint density at radius 3 is 2.55 bits per heavy atom. The Labute approximate surface area is 121 Å². The fourth-order valence-corrected chi connectivity index (χ4v) is 2.24. The van der Waals surface area contributed by atoms with E-state index in [0.717, 1.165) is 12.5 Å². The Hall–Kier alpha value is -1.52. The van der Waals surface area contributed by atoms with E-state index in [4.69, 9.17) is 11.6 Å². The molecule has 0 amide bonds. The van der Waals surface area contributed by atoms with Gasteiger partial charge in [0.1, 0.15) is 11.6 Å². The number of hydrogen-bond acceptors (Lipinski definition) is 2. The van der Waals surface area contributed by atoms with Crippen LogP contribution in [0.2, 0.25) is 5.02 Å². The van der Waals surface area contributed by atoms with Crippen molar-refractivity contribution in [2.75, 3.05) is 6.54 Å². The summed E-state index contributed by atoms with van der Waals surface area (Å²) in [5, 5.41) is 3.68. The van der Waals surface area contributed by atoms with Crippen molar-refractivity contribution in [1.29, 1.82) is 0 Å². The van der Waals surface area contributed by atoms with Gasteiger partial charge in [0.05, 0.1) is 16.8 Å². The number of rotatable bonds is 5. The normalized spacial score (nSPS) is 12.4. The molecule has 5 heteroatoms.